The minimum Gasteiger partial charge on any atom is -0.488 e. The fourth-order valence-corrected chi connectivity index (χ4v) is 2.97. The van der Waals surface area contributed by atoms with E-state index in [9.17, 15) is 0 Å². The second kappa shape index (κ2) is 5.19. The first-order valence-electron chi connectivity index (χ1n) is 7.77. The Morgan fingerprint density at radius 2 is 2.29 bits per heavy atom. The fourth-order valence-electron chi connectivity index (χ4n) is 2.97. The van der Waals surface area contributed by atoms with E-state index in [1.54, 1.807) is 0 Å². The lowest BCUT2D eigenvalue weighted by molar-refractivity contribution is 0.207. The monoisotopic (exact) mass is 283 g/mol. The summed E-state index contributed by atoms with van der Waals surface area (Å²) in [5, 5.41) is 3.52. The van der Waals surface area contributed by atoms with Crippen LogP contribution < -0.4 is 10.1 Å². The Morgan fingerprint density at radius 3 is 3.14 bits per heavy atom. The van der Waals surface area contributed by atoms with E-state index in [2.05, 4.69) is 46.2 Å². The van der Waals surface area contributed by atoms with Crippen molar-refractivity contribution in [3.05, 3.63) is 47.5 Å². The molecule has 1 fully saturated rings. The molecule has 1 unspecified atom stereocenters. The number of rotatable bonds is 5. The summed E-state index contributed by atoms with van der Waals surface area (Å²) in [6.45, 7) is 3.86. The number of benzene rings is 1. The first-order valence-corrected chi connectivity index (χ1v) is 7.77. The highest BCUT2D eigenvalue weighted by Gasteiger charge is 2.24. The Bertz CT molecular complexity index is 645. The molecule has 4 rings (SSSR count). The third-order valence-corrected chi connectivity index (χ3v) is 4.29. The summed E-state index contributed by atoms with van der Waals surface area (Å²) in [4.78, 5) is 4.47. The van der Waals surface area contributed by atoms with Gasteiger partial charge in [0.05, 0.1) is 13.1 Å². The second-order valence-corrected chi connectivity index (χ2v) is 6.21. The summed E-state index contributed by atoms with van der Waals surface area (Å²) in [5.74, 6) is 2.15. The lowest BCUT2D eigenvalue weighted by Gasteiger charge is -2.14. The van der Waals surface area contributed by atoms with E-state index in [0.717, 1.165) is 31.1 Å². The molecule has 2 aliphatic rings. The lowest BCUT2D eigenvalue weighted by atomic mass is 10.1. The van der Waals surface area contributed by atoms with Crippen molar-refractivity contribution in [3.63, 3.8) is 0 Å². The molecule has 4 heteroatoms. The molecule has 1 atom stereocenters. The molecule has 1 aliphatic heterocycles. The van der Waals surface area contributed by atoms with Gasteiger partial charge in [-0.25, -0.2) is 4.98 Å². The fraction of sp³-hybridized carbons (Fsp3) is 0.471. The van der Waals surface area contributed by atoms with Gasteiger partial charge in [-0.3, -0.25) is 0 Å². The largest absolute Gasteiger partial charge is 0.488 e. The van der Waals surface area contributed by atoms with E-state index in [1.165, 1.54) is 24.0 Å². The molecule has 0 saturated heterocycles. The van der Waals surface area contributed by atoms with Gasteiger partial charge in [0.25, 0.3) is 0 Å². The van der Waals surface area contributed by atoms with Gasteiger partial charge < -0.3 is 14.6 Å². The molecule has 0 radical (unpaired) electrons. The van der Waals surface area contributed by atoms with Crippen molar-refractivity contribution in [2.75, 3.05) is 0 Å². The Morgan fingerprint density at radius 1 is 1.38 bits per heavy atom. The molecular formula is C17H21N3O. The van der Waals surface area contributed by atoms with E-state index in [1.807, 2.05) is 6.20 Å². The molecule has 0 bridgehead atoms. The zero-order valence-corrected chi connectivity index (χ0v) is 12.4. The highest BCUT2D eigenvalue weighted by molar-refractivity contribution is 5.40. The Kier molecular flexibility index (Phi) is 3.19. The number of aryl methyl sites for hydroxylation is 1. The van der Waals surface area contributed by atoms with E-state index in [4.69, 9.17) is 4.74 Å². The molecule has 1 aromatic carbocycles. The van der Waals surface area contributed by atoms with Crippen LogP contribution in [0.25, 0.3) is 0 Å². The van der Waals surface area contributed by atoms with Gasteiger partial charge in [0.15, 0.2) is 0 Å². The first-order chi connectivity index (χ1) is 10.3. The lowest BCUT2D eigenvalue weighted by Crippen LogP contribution is -2.24. The third-order valence-electron chi connectivity index (χ3n) is 4.29. The number of ether oxygens (including phenoxy) is 1. The van der Waals surface area contributed by atoms with Crippen LogP contribution in [-0.2, 0) is 19.5 Å². The second-order valence-electron chi connectivity index (χ2n) is 6.21. The van der Waals surface area contributed by atoms with Gasteiger partial charge in [-0.05, 0) is 31.4 Å². The smallest absolute Gasteiger partial charge is 0.123 e. The summed E-state index contributed by atoms with van der Waals surface area (Å²) >= 11 is 0. The quantitative estimate of drug-likeness (QED) is 0.916. The summed E-state index contributed by atoms with van der Waals surface area (Å²) in [6, 6.07) is 7.15. The van der Waals surface area contributed by atoms with Gasteiger partial charge in [-0.1, -0.05) is 17.7 Å². The normalized spacial score (nSPS) is 20.3. The van der Waals surface area contributed by atoms with Crippen LogP contribution in [0.5, 0.6) is 5.75 Å². The topological polar surface area (TPSA) is 39.1 Å². The third kappa shape index (κ3) is 2.81. The zero-order chi connectivity index (χ0) is 14.2. The average molecular weight is 283 g/mol. The van der Waals surface area contributed by atoms with Gasteiger partial charge in [0, 0.05) is 24.9 Å². The maximum Gasteiger partial charge on any atom is 0.123 e. The van der Waals surface area contributed by atoms with Crippen molar-refractivity contribution in [2.24, 2.45) is 0 Å². The molecule has 2 aromatic rings. The van der Waals surface area contributed by atoms with E-state index in [0.29, 0.717) is 6.04 Å². The van der Waals surface area contributed by atoms with Crippen molar-refractivity contribution < 1.29 is 4.74 Å². The summed E-state index contributed by atoms with van der Waals surface area (Å²) in [7, 11) is 0. The van der Waals surface area contributed by atoms with Crippen LogP contribution in [-0.4, -0.2) is 21.7 Å². The van der Waals surface area contributed by atoms with Crippen molar-refractivity contribution in [1.29, 1.82) is 0 Å². The van der Waals surface area contributed by atoms with E-state index in [-0.39, 0.29) is 6.10 Å². The highest BCUT2D eigenvalue weighted by atomic mass is 16.5. The van der Waals surface area contributed by atoms with Gasteiger partial charge in [0.2, 0.25) is 0 Å². The SMILES string of the molecule is Cc1ccc2c(c1)CC(Cn1ccnc1CNC1CC1)O2. The molecule has 1 aliphatic carbocycles. The summed E-state index contributed by atoms with van der Waals surface area (Å²) in [6.07, 6.45) is 7.76. The van der Waals surface area contributed by atoms with Crippen LogP contribution in [0.2, 0.25) is 0 Å². The molecule has 1 N–H and O–H groups in total. The molecule has 1 aromatic heterocycles. The summed E-state index contributed by atoms with van der Waals surface area (Å²) < 4.78 is 8.28. The van der Waals surface area contributed by atoms with Gasteiger partial charge in [0.1, 0.15) is 17.7 Å². The molecule has 21 heavy (non-hydrogen) atoms. The van der Waals surface area contributed by atoms with Crippen molar-refractivity contribution >= 4 is 0 Å². The number of hydrogen-bond acceptors (Lipinski definition) is 3. The van der Waals surface area contributed by atoms with Crippen LogP contribution in [0.3, 0.4) is 0 Å². The minimum absolute atomic E-state index is 0.218. The average Bonchev–Trinajstić information content (AvgIpc) is 3.06. The summed E-state index contributed by atoms with van der Waals surface area (Å²) in [5.41, 5.74) is 2.63. The molecular weight excluding hydrogens is 262 g/mol. The molecule has 4 nitrogen and oxygen atoms in total. The van der Waals surface area contributed by atoms with Gasteiger partial charge >= 0.3 is 0 Å². The Balaban J connectivity index is 1.42. The van der Waals surface area contributed by atoms with Crippen LogP contribution in [0.4, 0.5) is 0 Å². The maximum atomic E-state index is 6.06. The van der Waals surface area contributed by atoms with Crippen LogP contribution >= 0.6 is 0 Å². The predicted octanol–water partition coefficient (Wildman–Crippen LogP) is 2.45. The molecule has 0 amide bonds. The van der Waals surface area contributed by atoms with Crippen molar-refractivity contribution in [2.45, 2.75) is 51.4 Å². The highest BCUT2D eigenvalue weighted by Crippen LogP contribution is 2.30. The van der Waals surface area contributed by atoms with Crippen molar-refractivity contribution in [1.82, 2.24) is 14.9 Å². The number of nitrogens with zero attached hydrogens (tertiary/aromatic N) is 2. The van der Waals surface area contributed by atoms with Crippen LogP contribution in [0, 0.1) is 6.92 Å². The maximum absolute atomic E-state index is 6.06. The first kappa shape index (κ1) is 12.9. The molecule has 1 saturated carbocycles. The number of aromatic nitrogens is 2. The molecule has 2 heterocycles. The molecule has 0 spiro atoms. The molecule has 110 valence electrons. The number of hydrogen-bond donors (Lipinski definition) is 1. The number of fused-ring (bicyclic) bond motifs is 1. The predicted molar refractivity (Wildman–Crippen MR) is 81.4 cm³/mol. The number of imidazole rings is 1. The minimum atomic E-state index is 0.218. The standard InChI is InChI=1S/C17H21N3O/c1-12-2-5-16-13(8-12)9-15(21-16)11-20-7-6-18-17(20)10-19-14-3-4-14/h2,5-8,14-15,19H,3-4,9-11H2,1H3. The Hall–Kier alpha value is -1.81. The van der Waals surface area contributed by atoms with Crippen molar-refractivity contribution in [3.8, 4) is 5.75 Å². The number of nitrogens with one attached hydrogen (secondary N) is 1. The van der Waals surface area contributed by atoms with E-state index >= 15 is 0 Å². The van der Waals surface area contributed by atoms with Crippen LogP contribution in [0.1, 0.15) is 29.8 Å². The van der Waals surface area contributed by atoms with Gasteiger partial charge in [-0.15, -0.1) is 0 Å². The Labute approximate surface area is 125 Å². The van der Waals surface area contributed by atoms with E-state index < -0.39 is 0 Å². The zero-order valence-electron chi connectivity index (χ0n) is 12.4. The van der Waals surface area contributed by atoms with Gasteiger partial charge in [-0.2, -0.15) is 0 Å². The van der Waals surface area contributed by atoms with Crippen LogP contribution in [0.15, 0.2) is 30.6 Å².